The number of aromatic nitrogens is 2. The number of nitrogens with zero attached hydrogens (tertiary/aromatic N) is 2. The van der Waals surface area contributed by atoms with Crippen LogP contribution in [-0.2, 0) is 10.0 Å². The second kappa shape index (κ2) is 9.85. The molecule has 3 rings (SSSR count). The van der Waals surface area contributed by atoms with Crippen LogP contribution in [0.4, 0.5) is 8.78 Å². The quantitative estimate of drug-likeness (QED) is 0.464. The molecule has 0 atom stereocenters. The molecule has 32 heavy (non-hydrogen) atoms. The number of fused-ring (bicyclic) bond motifs is 1. The number of nitrogens with one attached hydrogen (secondary N) is 1. The van der Waals surface area contributed by atoms with E-state index >= 15 is 0 Å². The number of benzene rings is 2. The van der Waals surface area contributed by atoms with Crippen LogP contribution in [0.5, 0.6) is 11.5 Å². The first-order valence-corrected chi connectivity index (χ1v) is 11.5. The fourth-order valence-corrected chi connectivity index (χ4v) is 4.86. The normalized spacial score (nSPS) is 12.7. The first-order chi connectivity index (χ1) is 15.2. The minimum atomic E-state index is -3.61. The smallest absolute Gasteiger partial charge is 0.387 e. The zero-order valence-electron chi connectivity index (χ0n) is 17.6. The van der Waals surface area contributed by atoms with E-state index in [1.165, 1.54) is 35.7 Å². The molecule has 0 saturated carbocycles. The van der Waals surface area contributed by atoms with Crippen molar-refractivity contribution in [3.05, 3.63) is 47.8 Å². The van der Waals surface area contributed by atoms with Gasteiger partial charge in [0.2, 0.25) is 10.0 Å². The van der Waals surface area contributed by atoms with Crippen LogP contribution in [0.25, 0.3) is 22.1 Å². The van der Waals surface area contributed by atoms with Crippen molar-refractivity contribution in [1.29, 1.82) is 0 Å². The predicted octanol–water partition coefficient (Wildman–Crippen LogP) is 4.94. The molecule has 0 amide bonds. The number of ether oxygens (including phenoxy) is 2. The van der Waals surface area contributed by atoms with Crippen molar-refractivity contribution in [2.45, 2.75) is 25.4 Å². The average molecular weight is 486 g/mol. The molecule has 0 aliphatic heterocycles. The van der Waals surface area contributed by atoms with Gasteiger partial charge in [0.25, 0.3) is 0 Å². The number of hydrogen-bond acceptors (Lipinski definition) is 5. The van der Waals surface area contributed by atoms with Crippen molar-refractivity contribution in [2.75, 3.05) is 20.2 Å². The van der Waals surface area contributed by atoms with Gasteiger partial charge < -0.3 is 14.5 Å². The summed E-state index contributed by atoms with van der Waals surface area (Å²) >= 11 is 6.41. The van der Waals surface area contributed by atoms with Gasteiger partial charge in [-0.05, 0) is 42.0 Å². The summed E-state index contributed by atoms with van der Waals surface area (Å²) in [5.74, 6) is 0.353. The van der Waals surface area contributed by atoms with E-state index in [2.05, 4.69) is 14.7 Å². The van der Waals surface area contributed by atoms with Crippen molar-refractivity contribution in [1.82, 2.24) is 14.3 Å². The number of H-pyrrole nitrogens is 1. The van der Waals surface area contributed by atoms with E-state index in [4.69, 9.17) is 16.3 Å². The van der Waals surface area contributed by atoms with Crippen LogP contribution in [0.1, 0.15) is 25.2 Å². The number of sulfonamides is 1. The number of imidazole rings is 1. The summed E-state index contributed by atoms with van der Waals surface area (Å²) in [6, 6.07) is 9.02. The van der Waals surface area contributed by atoms with Crippen LogP contribution in [0, 0.1) is 0 Å². The van der Waals surface area contributed by atoms with Gasteiger partial charge in [0.15, 0.2) is 11.5 Å². The first kappa shape index (κ1) is 24.0. The summed E-state index contributed by atoms with van der Waals surface area (Å²) in [6.07, 6.45) is 1.57. The van der Waals surface area contributed by atoms with Crippen LogP contribution in [0.3, 0.4) is 0 Å². The highest BCUT2D eigenvalue weighted by molar-refractivity contribution is 7.89. The molecule has 0 saturated heterocycles. The monoisotopic (exact) mass is 485 g/mol. The molecule has 1 heterocycles. The molecule has 0 aliphatic rings. The molecule has 172 valence electrons. The van der Waals surface area contributed by atoms with Gasteiger partial charge in [-0.15, -0.1) is 0 Å². The molecule has 2 aromatic carbocycles. The Morgan fingerprint density at radius 2 is 1.91 bits per heavy atom. The molecule has 0 fully saturated rings. The van der Waals surface area contributed by atoms with Gasteiger partial charge in [-0.1, -0.05) is 31.5 Å². The van der Waals surface area contributed by atoms with E-state index in [1.807, 2.05) is 0 Å². The molecule has 11 heteroatoms. The zero-order valence-corrected chi connectivity index (χ0v) is 19.2. The van der Waals surface area contributed by atoms with Crippen molar-refractivity contribution < 1.29 is 26.7 Å². The van der Waals surface area contributed by atoms with Crippen molar-refractivity contribution >= 4 is 43.8 Å². The van der Waals surface area contributed by atoms with Gasteiger partial charge in [-0.2, -0.15) is 13.1 Å². The third-order valence-corrected chi connectivity index (χ3v) is 7.05. The SMILES string of the molecule is CCN(CC)S(=O)(=O)c1ccc2nc(/C(Cl)=C/c3ccc(OC(F)F)c(OC)c3)[nH]c2c1. The maximum Gasteiger partial charge on any atom is 0.387 e. The van der Waals surface area contributed by atoms with Gasteiger partial charge in [0, 0.05) is 13.1 Å². The first-order valence-electron chi connectivity index (χ1n) is 9.69. The Balaban J connectivity index is 1.93. The molecule has 0 spiro atoms. The number of aromatic amines is 1. The van der Waals surface area contributed by atoms with Crippen molar-refractivity contribution in [3.8, 4) is 11.5 Å². The number of rotatable bonds is 9. The lowest BCUT2D eigenvalue weighted by molar-refractivity contribution is -0.0512. The Morgan fingerprint density at radius 3 is 2.53 bits per heavy atom. The second-order valence-corrected chi connectivity index (χ2v) is 8.98. The molecule has 1 aromatic heterocycles. The number of alkyl halides is 2. The predicted molar refractivity (Wildman–Crippen MR) is 120 cm³/mol. The van der Waals surface area contributed by atoms with Gasteiger partial charge in [0.1, 0.15) is 5.82 Å². The summed E-state index contributed by atoms with van der Waals surface area (Å²) in [6.45, 7) is 1.31. The summed E-state index contributed by atoms with van der Waals surface area (Å²) in [5.41, 5.74) is 1.63. The molecule has 0 radical (unpaired) electrons. The highest BCUT2D eigenvalue weighted by Gasteiger charge is 2.22. The summed E-state index contributed by atoms with van der Waals surface area (Å²) in [4.78, 5) is 7.57. The Labute approximate surface area is 189 Å². The van der Waals surface area contributed by atoms with E-state index in [9.17, 15) is 17.2 Å². The van der Waals surface area contributed by atoms with Gasteiger partial charge in [0.05, 0.1) is 28.1 Å². The van der Waals surface area contributed by atoms with Gasteiger partial charge >= 0.3 is 6.61 Å². The summed E-state index contributed by atoms with van der Waals surface area (Å²) in [7, 11) is -2.27. The molecule has 0 aliphatic carbocycles. The highest BCUT2D eigenvalue weighted by Crippen LogP contribution is 2.32. The lowest BCUT2D eigenvalue weighted by Gasteiger charge is -2.18. The fraction of sp³-hybridized carbons (Fsp3) is 0.286. The van der Waals surface area contributed by atoms with Crippen LogP contribution >= 0.6 is 11.6 Å². The standard InChI is InChI=1S/C21H22ClF2N3O4S/c1-4-27(5-2)32(28,29)14-7-8-16-17(12-14)26-20(25-16)15(22)10-13-6-9-18(31-21(23)24)19(11-13)30-3/h6-12,21H,4-5H2,1-3H3,(H,25,26)/b15-10-. The number of hydrogen-bond donors (Lipinski definition) is 1. The number of halogens is 3. The Morgan fingerprint density at radius 1 is 1.19 bits per heavy atom. The molecule has 3 aromatic rings. The van der Waals surface area contributed by atoms with E-state index in [0.717, 1.165) is 0 Å². The van der Waals surface area contributed by atoms with Crippen LogP contribution in [0.15, 0.2) is 41.3 Å². The van der Waals surface area contributed by atoms with E-state index in [-0.39, 0.29) is 21.4 Å². The minimum Gasteiger partial charge on any atom is -0.493 e. The third kappa shape index (κ3) is 5.03. The third-order valence-electron chi connectivity index (χ3n) is 4.72. The van der Waals surface area contributed by atoms with E-state index in [1.54, 1.807) is 32.1 Å². The van der Waals surface area contributed by atoms with Gasteiger partial charge in [-0.25, -0.2) is 13.4 Å². The van der Waals surface area contributed by atoms with E-state index in [0.29, 0.717) is 35.5 Å². The molecule has 1 N–H and O–H groups in total. The Bertz CT molecular complexity index is 1240. The molecule has 0 bridgehead atoms. The topological polar surface area (TPSA) is 84.5 Å². The highest BCUT2D eigenvalue weighted by atomic mass is 35.5. The molecule has 0 unspecified atom stereocenters. The van der Waals surface area contributed by atoms with Crippen LogP contribution < -0.4 is 9.47 Å². The Hall–Kier alpha value is -2.69. The molecular weight excluding hydrogens is 464 g/mol. The maximum atomic E-state index is 12.8. The number of methoxy groups -OCH3 is 1. The second-order valence-electron chi connectivity index (χ2n) is 6.63. The molecular formula is C21H22ClF2N3O4S. The maximum absolute atomic E-state index is 12.8. The molecule has 7 nitrogen and oxygen atoms in total. The summed E-state index contributed by atoms with van der Waals surface area (Å²) in [5, 5.41) is 0.235. The Kier molecular flexibility index (Phi) is 7.37. The lowest BCUT2D eigenvalue weighted by atomic mass is 10.2. The zero-order chi connectivity index (χ0) is 23.5. The van der Waals surface area contributed by atoms with Gasteiger partial charge in [-0.3, -0.25) is 0 Å². The van der Waals surface area contributed by atoms with Crippen LogP contribution in [-0.4, -0.2) is 49.5 Å². The lowest BCUT2D eigenvalue weighted by Crippen LogP contribution is -2.30. The fourth-order valence-electron chi connectivity index (χ4n) is 3.16. The summed E-state index contributed by atoms with van der Waals surface area (Å²) < 4.78 is 61.4. The van der Waals surface area contributed by atoms with Crippen molar-refractivity contribution in [2.24, 2.45) is 0 Å². The largest absolute Gasteiger partial charge is 0.493 e. The minimum absolute atomic E-state index is 0.0959. The average Bonchev–Trinajstić information content (AvgIpc) is 3.18. The van der Waals surface area contributed by atoms with Crippen LogP contribution in [0.2, 0.25) is 0 Å². The van der Waals surface area contributed by atoms with E-state index < -0.39 is 16.6 Å². The van der Waals surface area contributed by atoms with Crippen molar-refractivity contribution in [3.63, 3.8) is 0 Å².